The van der Waals surface area contributed by atoms with Crippen LogP contribution in [-0.4, -0.2) is 27.9 Å². The Labute approximate surface area is 72.6 Å². The van der Waals surface area contributed by atoms with Crippen LogP contribution >= 0.6 is 0 Å². The van der Waals surface area contributed by atoms with Gasteiger partial charge in [-0.15, -0.1) is 0 Å². The maximum atomic E-state index is 13.0. The highest BCUT2D eigenvalue weighted by molar-refractivity contribution is 5.85. The molecule has 0 spiro atoms. The quantitative estimate of drug-likeness (QED) is 0.748. The average molecular weight is 190 g/mol. The summed E-state index contributed by atoms with van der Waals surface area (Å²) in [7, 11) is 0. The van der Waals surface area contributed by atoms with Crippen LogP contribution < -0.4 is 0 Å². The predicted molar refractivity (Wildman–Crippen MR) is 39.8 cm³/mol. The van der Waals surface area contributed by atoms with Crippen molar-refractivity contribution < 1.29 is 18.7 Å². The molecular formula is C7H8F2N2O2. The molecule has 1 aromatic heterocycles. The summed E-state index contributed by atoms with van der Waals surface area (Å²) in [4.78, 5) is 10.3. The summed E-state index contributed by atoms with van der Waals surface area (Å²) in [6, 6.07) is 0. The Morgan fingerprint density at radius 2 is 2.31 bits per heavy atom. The smallest absolute Gasteiger partial charge is 0.357 e. The van der Waals surface area contributed by atoms with Crippen LogP contribution in [0.5, 0.6) is 0 Å². The maximum Gasteiger partial charge on any atom is 0.357 e. The third-order valence-corrected chi connectivity index (χ3v) is 1.54. The van der Waals surface area contributed by atoms with E-state index < -0.39 is 24.2 Å². The van der Waals surface area contributed by atoms with Gasteiger partial charge in [-0.1, -0.05) is 0 Å². The number of hydrogen-bond acceptors (Lipinski definition) is 2. The average Bonchev–Trinajstić information content (AvgIpc) is 2.43. The van der Waals surface area contributed by atoms with E-state index in [1.54, 1.807) is 0 Å². The van der Waals surface area contributed by atoms with E-state index in [1.807, 2.05) is 5.10 Å². The lowest BCUT2D eigenvalue weighted by molar-refractivity contribution is 0.0685. The molecule has 1 rings (SSSR count). The summed E-state index contributed by atoms with van der Waals surface area (Å²) in [6.07, 6.45) is 0.243. The number of nitrogens with one attached hydrogen (secondary N) is 1. The van der Waals surface area contributed by atoms with Crippen LogP contribution in [0, 0.1) is 5.82 Å². The van der Waals surface area contributed by atoms with Gasteiger partial charge in [0.25, 0.3) is 0 Å². The zero-order chi connectivity index (χ0) is 9.84. The van der Waals surface area contributed by atoms with E-state index in [4.69, 9.17) is 5.11 Å². The number of aromatic carboxylic acids is 1. The van der Waals surface area contributed by atoms with Crippen molar-refractivity contribution in [3.05, 3.63) is 17.2 Å². The molecule has 1 heterocycles. The molecule has 0 amide bonds. The summed E-state index contributed by atoms with van der Waals surface area (Å²) in [5, 5.41) is 13.9. The Hall–Kier alpha value is -1.46. The number of aromatic amines is 1. The van der Waals surface area contributed by atoms with E-state index in [9.17, 15) is 13.6 Å². The van der Waals surface area contributed by atoms with Gasteiger partial charge in [0.2, 0.25) is 0 Å². The minimum absolute atomic E-state index is 0.0324. The molecule has 1 aromatic rings. The number of carboxylic acid groups (broad SMARTS) is 1. The zero-order valence-electron chi connectivity index (χ0n) is 6.68. The Balaban J connectivity index is 2.80. The van der Waals surface area contributed by atoms with Crippen molar-refractivity contribution in [2.75, 3.05) is 6.67 Å². The highest BCUT2D eigenvalue weighted by Gasteiger charge is 2.17. The zero-order valence-corrected chi connectivity index (χ0v) is 6.68. The van der Waals surface area contributed by atoms with Gasteiger partial charge in [0, 0.05) is 0 Å². The number of aromatic nitrogens is 2. The standard InChI is InChI=1S/C7H8F2N2O2/c8-3-1-2-4-5(9)6(7(12)13)11-10-4/h1-3H2,(H,10,11)(H,12,13). The minimum atomic E-state index is -1.41. The van der Waals surface area contributed by atoms with E-state index in [0.29, 0.717) is 0 Å². The molecule has 0 aliphatic carbocycles. The van der Waals surface area contributed by atoms with Crippen molar-refractivity contribution in [3.63, 3.8) is 0 Å². The monoisotopic (exact) mass is 190 g/mol. The van der Waals surface area contributed by atoms with Crippen molar-refractivity contribution in [2.24, 2.45) is 0 Å². The molecule has 0 saturated heterocycles. The highest BCUT2D eigenvalue weighted by Crippen LogP contribution is 2.10. The highest BCUT2D eigenvalue weighted by atomic mass is 19.1. The Kier molecular flexibility index (Phi) is 2.94. The molecule has 0 saturated carbocycles. The van der Waals surface area contributed by atoms with Crippen LogP contribution in [0.3, 0.4) is 0 Å². The summed E-state index contributed by atoms with van der Waals surface area (Å²) in [5.41, 5.74) is -0.607. The van der Waals surface area contributed by atoms with Crippen LogP contribution in [0.25, 0.3) is 0 Å². The van der Waals surface area contributed by atoms with Crippen LogP contribution in [-0.2, 0) is 6.42 Å². The van der Waals surface area contributed by atoms with Crippen LogP contribution in [0.1, 0.15) is 22.6 Å². The second kappa shape index (κ2) is 3.97. The number of nitrogens with zero attached hydrogens (tertiary/aromatic N) is 1. The molecule has 0 fully saturated rings. The van der Waals surface area contributed by atoms with E-state index in [-0.39, 0.29) is 18.5 Å². The molecule has 6 heteroatoms. The third-order valence-electron chi connectivity index (χ3n) is 1.54. The lowest BCUT2D eigenvalue weighted by atomic mass is 10.2. The van der Waals surface area contributed by atoms with Gasteiger partial charge in [0.1, 0.15) is 0 Å². The molecular weight excluding hydrogens is 182 g/mol. The topological polar surface area (TPSA) is 66.0 Å². The van der Waals surface area contributed by atoms with Gasteiger partial charge in [-0.05, 0) is 12.8 Å². The van der Waals surface area contributed by atoms with Crippen LogP contribution in [0.4, 0.5) is 8.78 Å². The number of alkyl halides is 1. The van der Waals surface area contributed by atoms with E-state index in [1.165, 1.54) is 0 Å². The van der Waals surface area contributed by atoms with Gasteiger partial charge < -0.3 is 5.11 Å². The predicted octanol–water partition coefficient (Wildman–Crippen LogP) is 1.15. The number of aryl methyl sites for hydroxylation is 1. The fourth-order valence-corrected chi connectivity index (χ4v) is 0.907. The fourth-order valence-electron chi connectivity index (χ4n) is 0.907. The summed E-state index contributed by atoms with van der Waals surface area (Å²) >= 11 is 0. The van der Waals surface area contributed by atoms with Crippen molar-refractivity contribution in [1.82, 2.24) is 10.2 Å². The number of carboxylic acids is 1. The molecule has 0 aliphatic rings. The van der Waals surface area contributed by atoms with E-state index >= 15 is 0 Å². The Morgan fingerprint density at radius 3 is 2.77 bits per heavy atom. The third kappa shape index (κ3) is 2.01. The summed E-state index contributed by atoms with van der Waals surface area (Å²) in [5.74, 6) is -2.31. The van der Waals surface area contributed by atoms with Crippen molar-refractivity contribution in [2.45, 2.75) is 12.8 Å². The molecule has 0 radical (unpaired) electrons. The van der Waals surface area contributed by atoms with Gasteiger partial charge in [-0.3, -0.25) is 9.49 Å². The fraction of sp³-hybridized carbons (Fsp3) is 0.429. The second-order valence-electron chi connectivity index (χ2n) is 2.46. The molecule has 4 nitrogen and oxygen atoms in total. The first-order valence-corrected chi connectivity index (χ1v) is 3.68. The Bertz CT molecular complexity index is 311. The maximum absolute atomic E-state index is 13.0. The molecule has 13 heavy (non-hydrogen) atoms. The molecule has 72 valence electrons. The SMILES string of the molecule is O=C(O)c1[nH]nc(CCCF)c1F. The van der Waals surface area contributed by atoms with E-state index in [0.717, 1.165) is 0 Å². The number of hydrogen-bond donors (Lipinski definition) is 2. The minimum Gasteiger partial charge on any atom is -0.476 e. The van der Waals surface area contributed by atoms with Gasteiger partial charge in [0.15, 0.2) is 11.5 Å². The molecule has 0 atom stereocenters. The number of halogens is 2. The van der Waals surface area contributed by atoms with Gasteiger partial charge in [-0.25, -0.2) is 9.18 Å². The van der Waals surface area contributed by atoms with Crippen LogP contribution in [0.2, 0.25) is 0 Å². The van der Waals surface area contributed by atoms with Crippen molar-refractivity contribution in [3.8, 4) is 0 Å². The Morgan fingerprint density at radius 1 is 1.62 bits per heavy atom. The van der Waals surface area contributed by atoms with Crippen molar-refractivity contribution >= 4 is 5.97 Å². The number of rotatable bonds is 4. The first-order chi connectivity index (χ1) is 6.16. The molecule has 0 unspecified atom stereocenters. The molecule has 0 bridgehead atoms. The normalized spacial score (nSPS) is 10.3. The lowest BCUT2D eigenvalue weighted by Crippen LogP contribution is -2.00. The molecule has 0 aromatic carbocycles. The lowest BCUT2D eigenvalue weighted by Gasteiger charge is -1.91. The number of H-pyrrole nitrogens is 1. The second-order valence-corrected chi connectivity index (χ2v) is 2.46. The summed E-state index contributed by atoms with van der Waals surface area (Å²) in [6.45, 7) is -0.575. The van der Waals surface area contributed by atoms with Crippen LogP contribution in [0.15, 0.2) is 0 Å². The largest absolute Gasteiger partial charge is 0.476 e. The number of carbonyl (C=O) groups is 1. The van der Waals surface area contributed by atoms with E-state index in [2.05, 4.69) is 5.10 Å². The first-order valence-electron chi connectivity index (χ1n) is 3.68. The van der Waals surface area contributed by atoms with Gasteiger partial charge in [0.05, 0.1) is 12.4 Å². The van der Waals surface area contributed by atoms with Gasteiger partial charge in [-0.2, -0.15) is 5.10 Å². The molecule has 2 N–H and O–H groups in total. The first kappa shape index (κ1) is 9.63. The van der Waals surface area contributed by atoms with Crippen molar-refractivity contribution in [1.29, 1.82) is 0 Å². The molecule has 0 aliphatic heterocycles. The summed E-state index contributed by atoms with van der Waals surface area (Å²) < 4.78 is 24.7. The van der Waals surface area contributed by atoms with Gasteiger partial charge >= 0.3 is 5.97 Å².